The highest BCUT2D eigenvalue weighted by molar-refractivity contribution is 5.93. The summed E-state index contributed by atoms with van der Waals surface area (Å²) in [5.41, 5.74) is 5.02. The first-order chi connectivity index (χ1) is 10.7. The van der Waals surface area contributed by atoms with E-state index < -0.39 is 0 Å². The van der Waals surface area contributed by atoms with Crippen LogP contribution < -0.4 is 4.74 Å². The number of hydrogen-bond donors (Lipinski definition) is 0. The Bertz CT molecular complexity index is 898. The molecule has 0 saturated heterocycles. The molecule has 0 radical (unpaired) electrons. The van der Waals surface area contributed by atoms with Gasteiger partial charge in [-0.3, -0.25) is 0 Å². The van der Waals surface area contributed by atoms with Crippen LogP contribution in [0.5, 0.6) is 5.75 Å². The number of benzene rings is 3. The maximum atomic E-state index is 6.25. The van der Waals surface area contributed by atoms with Gasteiger partial charge < -0.3 is 4.74 Å². The molecule has 3 aromatic carbocycles. The van der Waals surface area contributed by atoms with Crippen LogP contribution in [0.25, 0.3) is 16.5 Å². The standard InChI is InChI=1S/C21H18O/c1-14-12-15(2)17-10-11-20(22-21(17)13-14)19-9-5-7-16-6-3-4-8-18(16)19/h3-9,11-13H,10H2,1-2H3. The second kappa shape index (κ2) is 5.03. The molecule has 22 heavy (non-hydrogen) atoms. The SMILES string of the molecule is Cc1cc(C)c2c(c1)OC(c1cccc3ccccc13)=CC2. The van der Waals surface area contributed by atoms with Crippen molar-refractivity contribution < 1.29 is 4.74 Å². The normalized spacial score (nSPS) is 13.5. The second-order valence-electron chi connectivity index (χ2n) is 5.96. The van der Waals surface area contributed by atoms with E-state index in [2.05, 4.69) is 74.5 Å². The summed E-state index contributed by atoms with van der Waals surface area (Å²) in [6.45, 7) is 4.28. The molecule has 1 heteroatoms. The molecule has 0 bridgehead atoms. The van der Waals surface area contributed by atoms with Crippen molar-refractivity contribution in [3.63, 3.8) is 0 Å². The van der Waals surface area contributed by atoms with Gasteiger partial charge in [0.05, 0.1) is 0 Å². The van der Waals surface area contributed by atoms with E-state index in [9.17, 15) is 0 Å². The van der Waals surface area contributed by atoms with Crippen molar-refractivity contribution in [2.75, 3.05) is 0 Å². The average molecular weight is 286 g/mol. The summed E-state index contributed by atoms with van der Waals surface area (Å²) in [6.07, 6.45) is 3.13. The molecule has 0 aromatic heterocycles. The number of ether oxygens (including phenoxy) is 1. The lowest BCUT2D eigenvalue weighted by atomic mass is 9.97. The Kier molecular flexibility index (Phi) is 3.00. The Morgan fingerprint density at radius 1 is 0.909 bits per heavy atom. The van der Waals surface area contributed by atoms with Gasteiger partial charge in [-0.2, -0.15) is 0 Å². The van der Waals surface area contributed by atoms with Gasteiger partial charge in [0.1, 0.15) is 11.5 Å². The molecule has 108 valence electrons. The molecule has 0 N–H and O–H groups in total. The molecule has 0 saturated carbocycles. The summed E-state index contributed by atoms with van der Waals surface area (Å²) >= 11 is 0. The van der Waals surface area contributed by atoms with Crippen molar-refractivity contribution in [1.82, 2.24) is 0 Å². The molecule has 1 aliphatic heterocycles. The van der Waals surface area contributed by atoms with Crippen LogP contribution in [0.3, 0.4) is 0 Å². The van der Waals surface area contributed by atoms with Crippen molar-refractivity contribution in [3.8, 4) is 5.75 Å². The van der Waals surface area contributed by atoms with E-state index in [1.807, 2.05) is 0 Å². The fourth-order valence-corrected chi connectivity index (χ4v) is 3.27. The Morgan fingerprint density at radius 2 is 1.73 bits per heavy atom. The zero-order valence-electron chi connectivity index (χ0n) is 12.9. The average Bonchev–Trinajstić information content (AvgIpc) is 2.53. The topological polar surface area (TPSA) is 9.23 Å². The minimum Gasteiger partial charge on any atom is -0.457 e. The van der Waals surface area contributed by atoms with E-state index in [4.69, 9.17) is 4.74 Å². The third-order valence-corrected chi connectivity index (χ3v) is 4.34. The Hall–Kier alpha value is -2.54. The van der Waals surface area contributed by atoms with Gasteiger partial charge in [0.25, 0.3) is 0 Å². The minimum atomic E-state index is 0.931. The van der Waals surface area contributed by atoms with Crippen LogP contribution in [-0.2, 0) is 6.42 Å². The van der Waals surface area contributed by atoms with Gasteiger partial charge >= 0.3 is 0 Å². The first-order valence-electron chi connectivity index (χ1n) is 7.68. The van der Waals surface area contributed by atoms with E-state index in [0.717, 1.165) is 17.9 Å². The highest BCUT2D eigenvalue weighted by atomic mass is 16.5. The number of aryl methyl sites for hydroxylation is 2. The molecule has 3 aromatic rings. The van der Waals surface area contributed by atoms with Crippen molar-refractivity contribution in [2.24, 2.45) is 0 Å². The van der Waals surface area contributed by atoms with Crippen molar-refractivity contribution >= 4 is 16.5 Å². The van der Waals surface area contributed by atoms with Crippen LogP contribution in [0.2, 0.25) is 0 Å². The third-order valence-electron chi connectivity index (χ3n) is 4.34. The number of allylic oxidation sites excluding steroid dienone is 1. The number of fused-ring (bicyclic) bond motifs is 2. The van der Waals surface area contributed by atoms with Gasteiger partial charge in [0.15, 0.2) is 0 Å². The van der Waals surface area contributed by atoms with Crippen LogP contribution in [-0.4, -0.2) is 0 Å². The van der Waals surface area contributed by atoms with E-state index >= 15 is 0 Å². The fraction of sp³-hybridized carbons (Fsp3) is 0.143. The lowest BCUT2D eigenvalue weighted by Gasteiger charge is -2.21. The van der Waals surface area contributed by atoms with Crippen LogP contribution in [0, 0.1) is 13.8 Å². The fourth-order valence-electron chi connectivity index (χ4n) is 3.27. The molecule has 0 spiro atoms. The largest absolute Gasteiger partial charge is 0.457 e. The maximum absolute atomic E-state index is 6.25. The number of hydrogen-bond acceptors (Lipinski definition) is 1. The second-order valence-corrected chi connectivity index (χ2v) is 5.96. The summed E-state index contributed by atoms with van der Waals surface area (Å²) in [6, 6.07) is 19.2. The molecule has 1 nitrogen and oxygen atoms in total. The summed E-state index contributed by atoms with van der Waals surface area (Å²) in [5, 5.41) is 2.49. The lowest BCUT2D eigenvalue weighted by molar-refractivity contribution is 0.498. The first-order valence-corrected chi connectivity index (χ1v) is 7.68. The predicted molar refractivity (Wildman–Crippen MR) is 92.2 cm³/mol. The quantitative estimate of drug-likeness (QED) is 0.579. The van der Waals surface area contributed by atoms with Crippen molar-refractivity contribution in [1.29, 1.82) is 0 Å². The summed E-state index contributed by atoms with van der Waals surface area (Å²) in [4.78, 5) is 0. The summed E-state index contributed by atoms with van der Waals surface area (Å²) < 4.78 is 6.25. The molecular formula is C21H18O. The molecule has 4 rings (SSSR count). The summed E-state index contributed by atoms with van der Waals surface area (Å²) in [5.74, 6) is 1.97. The van der Waals surface area contributed by atoms with Crippen LogP contribution in [0.15, 0.2) is 60.7 Å². The Labute approximate surface area is 130 Å². The molecule has 0 aliphatic carbocycles. The van der Waals surface area contributed by atoms with Crippen LogP contribution in [0.4, 0.5) is 0 Å². The van der Waals surface area contributed by atoms with Crippen molar-refractivity contribution in [3.05, 3.63) is 82.9 Å². The third kappa shape index (κ3) is 2.10. The molecule has 0 atom stereocenters. The maximum Gasteiger partial charge on any atom is 0.131 e. The first kappa shape index (κ1) is 13.1. The van der Waals surface area contributed by atoms with Gasteiger partial charge in [-0.1, -0.05) is 48.5 Å². The smallest absolute Gasteiger partial charge is 0.131 e. The highest BCUT2D eigenvalue weighted by Gasteiger charge is 2.17. The van der Waals surface area contributed by atoms with E-state index in [1.165, 1.54) is 33.0 Å². The van der Waals surface area contributed by atoms with Gasteiger partial charge in [-0.25, -0.2) is 0 Å². The molecule has 0 unspecified atom stereocenters. The summed E-state index contributed by atoms with van der Waals surface area (Å²) in [7, 11) is 0. The van der Waals surface area contributed by atoms with Gasteiger partial charge in [0, 0.05) is 11.1 Å². The van der Waals surface area contributed by atoms with Crippen LogP contribution >= 0.6 is 0 Å². The molecule has 0 amide bonds. The Balaban J connectivity index is 1.83. The van der Waals surface area contributed by atoms with Gasteiger partial charge in [0.2, 0.25) is 0 Å². The molecular weight excluding hydrogens is 268 g/mol. The zero-order chi connectivity index (χ0) is 15.1. The Morgan fingerprint density at radius 3 is 2.64 bits per heavy atom. The molecule has 0 fully saturated rings. The minimum absolute atomic E-state index is 0.931. The zero-order valence-corrected chi connectivity index (χ0v) is 12.9. The predicted octanol–water partition coefficient (Wildman–Crippen LogP) is 5.43. The number of rotatable bonds is 1. The van der Waals surface area contributed by atoms with E-state index in [1.54, 1.807) is 0 Å². The lowest BCUT2D eigenvalue weighted by Crippen LogP contribution is -2.06. The highest BCUT2D eigenvalue weighted by Crippen LogP contribution is 2.35. The monoisotopic (exact) mass is 286 g/mol. The van der Waals surface area contributed by atoms with Gasteiger partial charge in [-0.15, -0.1) is 0 Å². The van der Waals surface area contributed by atoms with Crippen LogP contribution in [0.1, 0.15) is 22.3 Å². The van der Waals surface area contributed by atoms with E-state index in [0.29, 0.717) is 0 Å². The van der Waals surface area contributed by atoms with Gasteiger partial charge in [-0.05, 0) is 54.3 Å². The molecule has 1 aliphatic rings. The molecule has 1 heterocycles. The van der Waals surface area contributed by atoms with Crippen molar-refractivity contribution in [2.45, 2.75) is 20.3 Å². The van der Waals surface area contributed by atoms with E-state index in [-0.39, 0.29) is 0 Å².